The Balaban J connectivity index is 1.19. The van der Waals surface area contributed by atoms with Gasteiger partial charge < -0.3 is 35.6 Å². The first-order valence-corrected chi connectivity index (χ1v) is 16.1. The number of carbonyl (C=O) groups excluding carboxylic acids is 1. The molecule has 240 valence electrons. The van der Waals surface area contributed by atoms with Gasteiger partial charge in [0.05, 0.1) is 25.6 Å². The summed E-state index contributed by atoms with van der Waals surface area (Å²) in [6.07, 6.45) is 5.42. The first-order valence-electron chi connectivity index (χ1n) is 16.1. The molecule has 1 amide bonds. The SMILES string of the molecule is COc1ccc(C(=O)N(Cc2cccc(-c3ccc(N4CCN(c5ccccn5)CC4)c(N)c3)c2)C2CCC(N)CC2)cc1OC. The summed E-state index contributed by atoms with van der Waals surface area (Å²) in [5, 5.41) is 0. The maximum Gasteiger partial charge on any atom is 0.254 e. The van der Waals surface area contributed by atoms with Crippen LogP contribution in [0.1, 0.15) is 41.6 Å². The molecule has 1 aliphatic carbocycles. The Morgan fingerprint density at radius 2 is 1.57 bits per heavy atom. The smallest absolute Gasteiger partial charge is 0.254 e. The monoisotopic (exact) mass is 620 g/mol. The number of piperazine rings is 1. The zero-order chi connectivity index (χ0) is 32.0. The lowest BCUT2D eigenvalue weighted by atomic mass is 9.90. The highest BCUT2D eigenvalue weighted by Gasteiger charge is 2.29. The number of aromatic nitrogens is 1. The van der Waals surface area contributed by atoms with Gasteiger partial charge in [0.1, 0.15) is 5.82 Å². The molecule has 0 spiro atoms. The van der Waals surface area contributed by atoms with Crippen LogP contribution in [0.2, 0.25) is 0 Å². The van der Waals surface area contributed by atoms with Crippen LogP contribution in [0.4, 0.5) is 17.2 Å². The van der Waals surface area contributed by atoms with Crippen molar-refractivity contribution < 1.29 is 14.3 Å². The van der Waals surface area contributed by atoms with E-state index in [9.17, 15) is 4.79 Å². The van der Waals surface area contributed by atoms with Crippen molar-refractivity contribution in [2.75, 3.05) is 55.9 Å². The van der Waals surface area contributed by atoms with Crippen LogP contribution in [0.5, 0.6) is 11.5 Å². The number of nitrogens with zero attached hydrogens (tertiary/aromatic N) is 4. The molecule has 0 radical (unpaired) electrons. The zero-order valence-electron chi connectivity index (χ0n) is 26.8. The summed E-state index contributed by atoms with van der Waals surface area (Å²) in [6.45, 7) is 4.05. The van der Waals surface area contributed by atoms with Crippen LogP contribution in [0.15, 0.2) is 85.1 Å². The molecule has 0 bridgehead atoms. The number of ether oxygens (including phenoxy) is 2. The van der Waals surface area contributed by atoms with Crippen molar-refractivity contribution in [1.82, 2.24) is 9.88 Å². The summed E-state index contributed by atoms with van der Waals surface area (Å²) in [6, 6.07) is 26.4. The fourth-order valence-electron chi connectivity index (χ4n) is 6.70. The third kappa shape index (κ3) is 6.89. The van der Waals surface area contributed by atoms with Gasteiger partial charge in [0.25, 0.3) is 5.91 Å². The molecule has 1 saturated heterocycles. The van der Waals surface area contributed by atoms with E-state index >= 15 is 0 Å². The van der Waals surface area contributed by atoms with Crippen molar-refractivity contribution >= 4 is 23.1 Å². The second kappa shape index (κ2) is 14.1. The third-order valence-electron chi connectivity index (χ3n) is 9.31. The average molecular weight is 621 g/mol. The lowest BCUT2D eigenvalue weighted by molar-refractivity contribution is 0.0606. The van der Waals surface area contributed by atoms with Gasteiger partial charge in [-0.3, -0.25) is 4.79 Å². The van der Waals surface area contributed by atoms with Gasteiger partial charge in [0, 0.05) is 56.6 Å². The van der Waals surface area contributed by atoms with Gasteiger partial charge in [-0.15, -0.1) is 0 Å². The molecule has 2 fully saturated rings. The van der Waals surface area contributed by atoms with E-state index < -0.39 is 0 Å². The summed E-state index contributed by atoms with van der Waals surface area (Å²) in [5.74, 6) is 2.13. The van der Waals surface area contributed by atoms with E-state index in [-0.39, 0.29) is 18.0 Å². The highest BCUT2D eigenvalue weighted by Crippen LogP contribution is 2.33. The standard InChI is InChI=1S/C37H44N6O3/c1-45-34-16-10-29(24-35(34)46-2)37(44)43(31-13-11-30(38)12-14-31)25-26-6-5-7-27(22-26)28-9-15-33(32(39)23-28)41-18-20-42(21-19-41)36-8-3-4-17-40-36/h3-10,15-17,22-24,30-31H,11-14,18-21,25,38-39H2,1-2H3. The van der Waals surface area contributed by atoms with E-state index in [1.54, 1.807) is 26.4 Å². The molecule has 0 unspecified atom stereocenters. The molecule has 1 aliphatic heterocycles. The van der Waals surface area contributed by atoms with E-state index in [0.717, 1.165) is 85.7 Å². The first kappa shape index (κ1) is 31.2. The highest BCUT2D eigenvalue weighted by atomic mass is 16.5. The summed E-state index contributed by atoms with van der Waals surface area (Å²) in [5.41, 5.74) is 18.5. The first-order chi connectivity index (χ1) is 22.4. The van der Waals surface area contributed by atoms with Crippen molar-refractivity contribution in [2.24, 2.45) is 5.73 Å². The minimum Gasteiger partial charge on any atom is -0.493 e. The minimum absolute atomic E-state index is 0.0245. The van der Waals surface area contributed by atoms with Crippen LogP contribution >= 0.6 is 0 Å². The van der Waals surface area contributed by atoms with E-state index in [1.165, 1.54) is 0 Å². The molecule has 2 aliphatic rings. The summed E-state index contributed by atoms with van der Waals surface area (Å²) < 4.78 is 10.9. The second-order valence-corrected chi connectivity index (χ2v) is 12.2. The molecule has 3 aromatic carbocycles. The Labute approximate surface area is 271 Å². The Hall–Kier alpha value is -4.76. The molecule has 9 heteroatoms. The van der Waals surface area contributed by atoms with Crippen LogP contribution in [-0.2, 0) is 6.54 Å². The third-order valence-corrected chi connectivity index (χ3v) is 9.31. The van der Waals surface area contributed by atoms with E-state index in [1.807, 2.05) is 29.3 Å². The summed E-state index contributed by atoms with van der Waals surface area (Å²) in [7, 11) is 3.18. The Bertz CT molecular complexity index is 1630. The zero-order valence-corrected chi connectivity index (χ0v) is 26.8. The molecule has 4 aromatic rings. The molecule has 0 atom stereocenters. The molecule has 9 nitrogen and oxygen atoms in total. The number of methoxy groups -OCH3 is 2. The van der Waals surface area contributed by atoms with Gasteiger partial charge in [-0.1, -0.05) is 30.3 Å². The lowest BCUT2D eigenvalue weighted by Gasteiger charge is -2.37. The number of nitrogens with two attached hydrogens (primary N) is 2. The number of nitrogen functional groups attached to an aromatic ring is 1. The molecule has 1 aromatic heterocycles. The summed E-state index contributed by atoms with van der Waals surface area (Å²) in [4.78, 5) is 25.2. The highest BCUT2D eigenvalue weighted by molar-refractivity contribution is 5.95. The number of carbonyl (C=O) groups is 1. The number of benzene rings is 3. The van der Waals surface area contributed by atoms with Crippen LogP contribution in [0, 0.1) is 0 Å². The average Bonchev–Trinajstić information content (AvgIpc) is 3.11. The van der Waals surface area contributed by atoms with Crippen LogP contribution in [0.3, 0.4) is 0 Å². The lowest BCUT2D eigenvalue weighted by Crippen LogP contribution is -2.47. The quantitative estimate of drug-likeness (QED) is 0.233. The summed E-state index contributed by atoms with van der Waals surface area (Å²) >= 11 is 0. The fraction of sp³-hybridized carbons (Fsp3) is 0.351. The molecule has 46 heavy (non-hydrogen) atoms. The molecule has 2 heterocycles. The Kier molecular flexibility index (Phi) is 9.59. The predicted molar refractivity (Wildman–Crippen MR) is 185 cm³/mol. The van der Waals surface area contributed by atoms with Crippen LogP contribution in [-0.4, -0.2) is 68.3 Å². The van der Waals surface area contributed by atoms with Gasteiger partial charge >= 0.3 is 0 Å². The largest absolute Gasteiger partial charge is 0.493 e. The van der Waals surface area contributed by atoms with E-state index in [4.69, 9.17) is 20.9 Å². The Morgan fingerprint density at radius 1 is 0.826 bits per heavy atom. The van der Waals surface area contributed by atoms with Gasteiger partial charge in [-0.25, -0.2) is 4.98 Å². The maximum absolute atomic E-state index is 14.1. The van der Waals surface area contributed by atoms with Gasteiger partial charge in [0.15, 0.2) is 11.5 Å². The maximum atomic E-state index is 14.1. The molecule has 4 N–H and O–H groups in total. The van der Waals surface area contributed by atoms with Gasteiger partial charge in [0.2, 0.25) is 0 Å². The van der Waals surface area contributed by atoms with Gasteiger partial charge in [-0.2, -0.15) is 0 Å². The van der Waals surface area contributed by atoms with Crippen LogP contribution < -0.4 is 30.7 Å². The number of anilines is 3. The fourth-order valence-corrected chi connectivity index (χ4v) is 6.70. The molecular weight excluding hydrogens is 576 g/mol. The number of hydrogen-bond donors (Lipinski definition) is 2. The molecule has 1 saturated carbocycles. The number of hydrogen-bond acceptors (Lipinski definition) is 8. The van der Waals surface area contributed by atoms with Crippen molar-refractivity contribution in [3.63, 3.8) is 0 Å². The van der Waals surface area contributed by atoms with Gasteiger partial charge in [-0.05, 0) is 90.9 Å². The molecular formula is C37H44N6O3. The predicted octanol–water partition coefficient (Wildman–Crippen LogP) is 5.59. The van der Waals surface area contributed by atoms with Crippen molar-refractivity contribution in [1.29, 1.82) is 0 Å². The number of rotatable bonds is 9. The van der Waals surface area contributed by atoms with E-state index in [0.29, 0.717) is 23.6 Å². The minimum atomic E-state index is -0.0245. The van der Waals surface area contributed by atoms with Crippen molar-refractivity contribution in [3.8, 4) is 22.6 Å². The second-order valence-electron chi connectivity index (χ2n) is 12.2. The van der Waals surface area contributed by atoms with Crippen molar-refractivity contribution in [2.45, 2.75) is 44.3 Å². The molecule has 6 rings (SSSR count). The normalized spacial score (nSPS) is 18.2. The van der Waals surface area contributed by atoms with Crippen molar-refractivity contribution in [3.05, 3.63) is 96.2 Å². The van der Waals surface area contributed by atoms with E-state index in [2.05, 4.69) is 63.3 Å². The Morgan fingerprint density at radius 3 is 2.26 bits per heavy atom. The topological polar surface area (TPSA) is 110 Å². The number of pyridine rings is 1. The number of amides is 1. The van der Waals surface area contributed by atoms with Crippen LogP contribution in [0.25, 0.3) is 11.1 Å².